The molecule has 4 nitrogen and oxygen atoms in total. The predicted molar refractivity (Wildman–Crippen MR) is 65.7 cm³/mol. The summed E-state index contributed by atoms with van der Waals surface area (Å²) < 4.78 is 6.24. The Bertz CT molecular complexity index is 273. The van der Waals surface area contributed by atoms with Gasteiger partial charge < -0.3 is 9.84 Å². The average Bonchev–Trinajstić information content (AvgIpc) is 2.36. The highest BCUT2D eigenvalue weighted by Crippen LogP contribution is 2.40. The average molecular weight is 256 g/mol. The van der Waals surface area contributed by atoms with Gasteiger partial charge >= 0.3 is 0 Å². The summed E-state index contributed by atoms with van der Waals surface area (Å²) in [7, 11) is 0. The van der Waals surface area contributed by atoms with Gasteiger partial charge in [-0.2, -0.15) is 0 Å². The Kier molecular flexibility index (Phi) is 3.89. The molecule has 1 heterocycles. The van der Waals surface area contributed by atoms with Gasteiger partial charge in [-0.25, -0.2) is 9.78 Å². The van der Waals surface area contributed by atoms with Gasteiger partial charge in [-0.3, -0.25) is 0 Å². The van der Waals surface area contributed by atoms with Crippen LogP contribution in [0.3, 0.4) is 0 Å². The molecule has 1 aliphatic heterocycles. The summed E-state index contributed by atoms with van der Waals surface area (Å²) in [5, 5.41) is 9.59. The molecule has 0 aromatic carbocycles. The number of rotatable bonds is 0. The summed E-state index contributed by atoms with van der Waals surface area (Å²) in [6, 6.07) is 0. The Hall–Kier alpha value is -0.160. The van der Waals surface area contributed by atoms with E-state index in [-0.39, 0.29) is 18.3 Å². The molecule has 3 fully saturated rings. The zero-order valence-corrected chi connectivity index (χ0v) is 11.0. The number of fused-ring (bicyclic) bond motifs is 1. The van der Waals surface area contributed by atoms with E-state index < -0.39 is 5.79 Å². The number of ether oxygens (including phenoxy) is 1. The van der Waals surface area contributed by atoms with Crippen LogP contribution >= 0.6 is 0 Å². The van der Waals surface area contributed by atoms with Crippen molar-refractivity contribution in [2.45, 2.75) is 88.3 Å². The van der Waals surface area contributed by atoms with Crippen molar-refractivity contribution < 1.29 is 19.6 Å². The number of hydrogen-bond acceptors (Lipinski definition) is 4. The molecule has 2 saturated carbocycles. The first-order chi connectivity index (χ1) is 8.77. The Morgan fingerprint density at radius 2 is 1.50 bits per heavy atom. The highest BCUT2D eigenvalue weighted by Gasteiger charge is 2.46. The molecular weight excluding hydrogens is 232 g/mol. The van der Waals surface area contributed by atoms with Crippen LogP contribution in [0.25, 0.3) is 0 Å². The van der Waals surface area contributed by atoms with Gasteiger partial charge in [0.25, 0.3) is 0 Å². The Morgan fingerprint density at radius 1 is 0.833 bits per heavy atom. The minimum absolute atomic E-state index is 0.114. The van der Waals surface area contributed by atoms with Gasteiger partial charge in [0, 0.05) is 12.8 Å². The Morgan fingerprint density at radius 3 is 2.22 bits per heavy atom. The van der Waals surface area contributed by atoms with Gasteiger partial charge in [-0.05, 0) is 25.7 Å². The van der Waals surface area contributed by atoms with E-state index in [9.17, 15) is 5.11 Å². The minimum atomic E-state index is -0.570. The van der Waals surface area contributed by atoms with Gasteiger partial charge in [-0.15, -0.1) is 0 Å². The van der Waals surface area contributed by atoms with Crippen LogP contribution in [0.1, 0.15) is 64.2 Å². The molecule has 2 aliphatic carbocycles. The monoisotopic (exact) mass is 256 g/mol. The van der Waals surface area contributed by atoms with Crippen LogP contribution in [0.4, 0.5) is 0 Å². The lowest BCUT2D eigenvalue weighted by molar-refractivity contribution is -0.509. The smallest absolute Gasteiger partial charge is 0.202 e. The highest BCUT2D eigenvalue weighted by atomic mass is 17.2. The zero-order valence-electron chi connectivity index (χ0n) is 11.0. The van der Waals surface area contributed by atoms with Crippen LogP contribution in [-0.2, 0) is 14.5 Å². The fraction of sp³-hybridized carbons (Fsp3) is 1.00. The summed E-state index contributed by atoms with van der Waals surface area (Å²) in [5.41, 5.74) is 0. The van der Waals surface area contributed by atoms with E-state index in [4.69, 9.17) is 14.5 Å². The molecule has 4 heteroatoms. The van der Waals surface area contributed by atoms with E-state index in [1.165, 1.54) is 25.7 Å². The van der Waals surface area contributed by atoms with Crippen LogP contribution in [-0.4, -0.2) is 29.2 Å². The maximum absolute atomic E-state index is 9.59. The van der Waals surface area contributed by atoms with Crippen LogP contribution < -0.4 is 0 Å². The van der Waals surface area contributed by atoms with Crippen molar-refractivity contribution >= 4 is 0 Å². The highest BCUT2D eigenvalue weighted by molar-refractivity contribution is 4.85. The summed E-state index contributed by atoms with van der Waals surface area (Å²) in [4.78, 5) is 11.2. The third-order valence-electron chi connectivity index (χ3n) is 4.55. The second kappa shape index (κ2) is 5.45. The van der Waals surface area contributed by atoms with Crippen molar-refractivity contribution in [2.24, 2.45) is 0 Å². The quantitative estimate of drug-likeness (QED) is 0.677. The van der Waals surface area contributed by atoms with E-state index >= 15 is 0 Å². The van der Waals surface area contributed by atoms with Crippen molar-refractivity contribution in [2.75, 3.05) is 0 Å². The normalized spacial score (nSPS) is 46.2. The molecule has 1 spiro atoms. The number of aliphatic hydroxyl groups is 1. The summed E-state index contributed by atoms with van der Waals surface area (Å²) >= 11 is 0. The van der Waals surface area contributed by atoms with Crippen LogP contribution in [0.5, 0.6) is 0 Å². The molecule has 104 valence electrons. The molecule has 3 rings (SSSR count). The van der Waals surface area contributed by atoms with Gasteiger partial charge in [0.2, 0.25) is 5.79 Å². The second-order valence-corrected chi connectivity index (χ2v) is 6.01. The summed E-state index contributed by atoms with van der Waals surface area (Å²) in [5.74, 6) is -0.570. The van der Waals surface area contributed by atoms with E-state index in [0.29, 0.717) is 0 Å². The van der Waals surface area contributed by atoms with Crippen molar-refractivity contribution in [3.63, 3.8) is 0 Å². The zero-order chi connectivity index (χ0) is 12.4. The molecule has 0 aromatic rings. The lowest BCUT2D eigenvalue weighted by Crippen LogP contribution is -2.52. The van der Waals surface area contributed by atoms with E-state index in [2.05, 4.69) is 0 Å². The second-order valence-electron chi connectivity index (χ2n) is 6.01. The SMILES string of the molecule is OC1CCC2(CC1)OOC1CCCCCCC1O2. The fourth-order valence-corrected chi connectivity index (χ4v) is 3.35. The van der Waals surface area contributed by atoms with Gasteiger partial charge in [0.1, 0.15) is 6.10 Å². The first kappa shape index (κ1) is 12.9. The summed E-state index contributed by atoms with van der Waals surface area (Å²) in [6.07, 6.45) is 10.3. The third kappa shape index (κ3) is 2.72. The molecule has 0 aromatic heterocycles. The van der Waals surface area contributed by atoms with Gasteiger partial charge in [-0.1, -0.05) is 25.7 Å². The molecular formula is C14H24O4. The summed E-state index contributed by atoms with van der Waals surface area (Å²) in [6.45, 7) is 0. The molecule has 2 atom stereocenters. The molecule has 18 heavy (non-hydrogen) atoms. The van der Waals surface area contributed by atoms with E-state index in [1.807, 2.05) is 0 Å². The van der Waals surface area contributed by atoms with Crippen LogP contribution in [0, 0.1) is 0 Å². The lowest BCUT2D eigenvalue weighted by Gasteiger charge is -2.46. The molecule has 1 N–H and O–H groups in total. The third-order valence-corrected chi connectivity index (χ3v) is 4.55. The fourth-order valence-electron chi connectivity index (χ4n) is 3.35. The lowest BCUT2D eigenvalue weighted by atomic mass is 9.90. The van der Waals surface area contributed by atoms with Crippen molar-refractivity contribution in [1.82, 2.24) is 0 Å². The molecule has 3 aliphatic rings. The number of hydrogen-bond donors (Lipinski definition) is 1. The first-order valence-electron chi connectivity index (χ1n) is 7.48. The Labute approximate surface area is 109 Å². The Balaban J connectivity index is 1.63. The van der Waals surface area contributed by atoms with Gasteiger partial charge in [0.05, 0.1) is 12.2 Å². The minimum Gasteiger partial charge on any atom is -0.393 e. The largest absolute Gasteiger partial charge is 0.393 e. The molecule has 1 saturated heterocycles. The molecule has 0 bridgehead atoms. The van der Waals surface area contributed by atoms with Crippen molar-refractivity contribution in [3.8, 4) is 0 Å². The molecule has 0 radical (unpaired) electrons. The van der Waals surface area contributed by atoms with Crippen LogP contribution in [0.15, 0.2) is 0 Å². The molecule has 0 amide bonds. The van der Waals surface area contributed by atoms with Gasteiger partial charge in [0.15, 0.2) is 0 Å². The maximum atomic E-state index is 9.59. The first-order valence-corrected chi connectivity index (χ1v) is 7.48. The predicted octanol–water partition coefficient (Wildman–Crippen LogP) is 2.69. The van der Waals surface area contributed by atoms with Crippen LogP contribution in [0.2, 0.25) is 0 Å². The standard InChI is InChI=1S/C14H24O4/c15-11-7-9-14(10-8-11)16-12-5-3-1-2-4-6-13(12)17-18-14/h11-13,15H,1-10H2. The maximum Gasteiger partial charge on any atom is 0.202 e. The van der Waals surface area contributed by atoms with Crippen molar-refractivity contribution in [1.29, 1.82) is 0 Å². The van der Waals surface area contributed by atoms with Crippen molar-refractivity contribution in [3.05, 3.63) is 0 Å². The van der Waals surface area contributed by atoms with E-state index in [0.717, 1.165) is 38.5 Å². The number of aliphatic hydroxyl groups excluding tert-OH is 1. The topological polar surface area (TPSA) is 47.9 Å². The van der Waals surface area contributed by atoms with E-state index in [1.54, 1.807) is 0 Å². The molecule has 2 unspecified atom stereocenters.